The average molecular weight is 404 g/mol. The van der Waals surface area contributed by atoms with Gasteiger partial charge in [0, 0.05) is 21.7 Å². The van der Waals surface area contributed by atoms with Crippen LogP contribution in [0.15, 0.2) is 29.3 Å². The van der Waals surface area contributed by atoms with Crippen molar-refractivity contribution < 1.29 is 4.79 Å². The molecule has 1 amide bonds. The van der Waals surface area contributed by atoms with E-state index in [4.69, 9.17) is 10.7 Å². The van der Waals surface area contributed by atoms with E-state index < -0.39 is 0 Å². The van der Waals surface area contributed by atoms with Crippen LogP contribution in [0.2, 0.25) is 0 Å². The number of benzene rings is 1. The summed E-state index contributed by atoms with van der Waals surface area (Å²) in [4.78, 5) is 17.9. The summed E-state index contributed by atoms with van der Waals surface area (Å²) in [5.74, 6) is 6.31. The van der Waals surface area contributed by atoms with Crippen LogP contribution >= 0.6 is 11.3 Å². The number of amides is 1. The van der Waals surface area contributed by atoms with E-state index in [0.29, 0.717) is 12.2 Å². The standard InChI is InChI=1S/C21H20N6OS/c1-12-13(2)29-21-19(12)20(23-11-17-26-25-14(3)27(17)21)15-6-8-16(9-7-15)24-18(28)5-4-10-22/h6-9H,10-11,22H2,1-3H3,(H,24,28). The van der Waals surface area contributed by atoms with Crippen LogP contribution in [0.3, 0.4) is 0 Å². The molecule has 7 nitrogen and oxygen atoms in total. The fourth-order valence-corrected chi connectivity index (χ4v) is 4.51. The Morgan fingerprint density at radius 2 is 2.00 bits per heavy atom. The van der Waals surface area contributed by atoms with Gasteiger partial charge in [0.1, 0.15) is 17.4 Å². The number of rotatable bonds is 2. The predicted octanol–water partition coefficient (Wildman–Crippen LogP) is 2.51. The zero-order valence-electron chi connectivity index (χ0n) is 16.4. The molecule has 3 heterocycles. The van der Waals surface area contributed by atoms with E-state index in [1.54, 1.807) is 11.3 Å². The number of hydrogen-bond acceptors (Lipinski definition) is 6. The topological polar surface area (TPSA) is 98.2 Å². The van der Waals surface area contributed by atoms with E-state index >= 15 is 0 Å². The maximum atomic E-state index is 11.8. The van der Waals surface area contributed by atoms with Crippen LogP contribution < -0.4 is 11.1 Å². The van der Waals surface area contributed by atoms with Crippen molar-refractivity contribution in [2.75, 3.05) is 11.9 Å². The SMILES string of the molecule is Cc1sc2c(c1C)C(c1ccc(NC(=O)C#CCN)cc1)=NCc1nnc(C)n1-2. The molecule has 0 radical (unpaired) electrons. The predicted molar refractivity (Wildman–Crippen MR) is 115 cm³/mol. The van der Waals surface area contributed by atoms with Crippen molar-refractivity contribution >= 4 is 28.6 Å². The number of hydrogen-bond donors (Lipinski definition) is 2. The number of carbonyl (C=O) groups excluding carboxylic acids is 1. The zero-order chi connectivity index (χ0) is 20.5. The van der Waals surface area contributed by atoms with Gasteiger partial charge >= 0.3 is 0 Å². The van der Waals surface area contributed by atoms with Gasteiger partial charge in [0.25, 0.3) is 5.91 Å². The average Bonchev–Trinajstić information content (AvgIpc) is 3.15. The fraction of sp³-hybridized carbons (Fsp3) is 0.238. The van der Waals surface area contributed by atoms with Crippen LogP contribution in [0.5, 0.6) is 0 Å². The summed E-state index contributed by atoms with van der Waals surface area (Å²) in [7, 11) is 0. The van der Waals surface area contributed by atoms with Crippen molar-refractivity contribution in [3.8, 4) is 16.8 Å². The van der Waals surface area contributed by atoms with Crippen LogP contribution in [0, 0.1) is 32.6 Å². The van der Waals surface area contributed by atoms with E-state index in [9.17, 15) is 4.79 Å². The van der Waals surface area contributed by atoms with Crippen LogP contribution in [-0.4, -0.2) is 32.9 Å². The molecular weight excluding hydrogens is 384 g/mol. The summed E-state index contributed by atoms with van der Waals surface area (Å²) in [5, 5.41) is 12.4. The number of anilines is 1. The smallest absolute Gasteiger partial charge is 0.300 e. The summed E-state index contributed by atoms with van der Waals surface area (Å²) in [6.45, 7) is 6.81. The third kappa shape index (κ3) is 3.46. The second-order valence-electron chi connectivity index (χ2n) is 6.66. The number of aryl methyl sites for hydroxylation is 2. The Morgan fingerprint density at radius 1 is 1.24 bits per heavy atom. The number of fused-ring (bicyclic) bond motifs is 3. The quantitative estimate of drug-likeness (QED) is 0.641. The number of aliphatic imine (C=N–C) groups is 1. The highest BCUT2D eigenvalue weighted by atomic mass is 32.1. The lowest BCUT2D eigenvalue weighted by Crippen LogP contribution is -2.10. The molecule has 1 aliphatic rings. The van der Waals surface area contributed by atoms with Gasteiger partial charge in [0.2, 0.25) is 0 Å². The molecule has 0 bridgehead atoms. The molecule has 3 aromatic rings. The number of nitrogens with one attached hydrogen (secondary N) is 1. The lowest BCUT2D eigenvalue weighted by atomic mass is 9.99. The van der Waals surface area contributed by atoms with Crippen LogP contribution in [0.25, 0.3) is 5.00 Å². The highest BCUT2D eigenvalue weighted by Gasteiger charge is 2.26. The molecule has 2 aromatic heterocycles. The third-order valence-electron chi connectivity index (χ3n) is 4.80. The second-order valence-corrected chi connectivity index (χ2v) is 7.87. The number of nitrogens with zero attached hydrogens (tertiary/aromatic N) is 4. The Bertz CT molecular complexity index is 1190. The maximum absolute atomic E-state index is 11.8. The van der Waals surface area contributed by atoms with Gasteiger partial charge in [0.05, 0.1) is 12.3 Å². The molecule has 0 atom stereocenters. The molecule has 0 fully saturated rings. The number of thiophene rings is 1. The molecule has 146 valence electrons. The van der Waals surface area contributed by atoms with Gasteiger partial charge in [-0.05, 0) is 44.4 Å². The van der Waals surface area contributed by atoms with E-state index in [1.807, 2.05) is 31.2 Å². The first kappa shape index (κ1) is 19.1. The molecule has 0 unspecified atom stereocenters. The molecule has 29 heavy (non-hydrogen) atoms. The summed E-state index contributed by atoms with van der Waals surface area (Å²) in [6.07, 6.45) is 0. The molecule has 0 spiro atoms. The molecule has 0 saturated carbocycles. The molecule has 1 aliphatic heterocycles. The first-order valence-corrected chi connectivity index (χ1v) is 9.97. The highest BCUT2D eigenvalue weighted by Crippen LogP contribution is 2.36. The molecule has 8 heteroatoms. The van der Waals surface area contributed by atoms with E-state index in [2.05, 4.69) is 45.8 Å². The van der Waals surface area contributed by atoms with Gasteiger partial charge in [-0.15, -0.1) is 21.5 Å². The zero-order valence-corrected chi connectivity index (χ0v) is 17.2. The van der Waals surface area contributed by atoms with Crippen molar-refractivity contribution in [1.82, 2.24) is 14.8 Å². The first-order chi connectivity index (χ1) is 14.0. The van der Waals surface area contributed by atoms with Crippen molar-refractivity contribution in [3.05, 3.63) is 57.5 Å². The van der Waals surface area contributed by atoms with Crippen molar-refractivity contribution in [2.24, 2.45) is 10.7 Å². The number of aromatic nitrogens is 3. The first-order valence-electron chi connectivity index (χ1n) is 9.16. The third-order valence-corrected chi connectivity index (χ3v) is 5.99. The van der Waals surface area contributed by atoms with Crippen LogP contribution in [0.4, 0.5) is 5.69 Å². The van der Waals surface area contributed by atoms with E-state index in [-0.39, 0.29) is 12.5 Å². The minimum Gasteiger partial charge on any atom is -0.320 e. The Balaban J connectivity index is 1.73. The van der Waals surface area contributed by atoms with Gasteiger partial charge in [0.15, 0.2) is 5.82 Å². The van der Waals surface area contributed by atoms with Crippen LogP contribution in [0.1, 0.15) is 33.2 Å². The Hall–Kier alpha value is -3.28. The Kier molecular flexibility index (Phi) is 5.01. The second kappa shape index (κ2) is 7.62. The largest absolute Gasteiger partial charge is 0.320 e. The molecule has 4 rings (SSSR count). The number of carbonyl (C=O) groups is 1. The molecule has 1 aromatic carbocycles. The van der Waals surface area contributed by atoms with Crippen LogP contribution in [-0.2, 0) is 11.3 Å². The monoisotopic (exact) mass is 404 g/mol. The minimum absolute atomic E-state index is 0.153. The van der Waals surface area contributed by atoms with Gasteiger partial charge in [-0.1, -0.05) is 18.1 Å². The van der Waals surface area contributed by atoms with Gasteiger partial charge in [-0.3, -0.25) is 14.4 Å². The van der Waals surface area contributed by atoms with Crippen molar-refractivity contribution in [2.45, 2.75) is 27.3 Å². The van der Waals surface area contributed by atoms with Gasteiger partial charge in [-0.2, -0.15) is 0 Å². The lowest BCUT2D eigenvalue weighted by molar-refractivity contribution is -0.111. The van der Waals surface area contributed by atoms with Gasteiger partial charge < -0.3 is 11.1 Å². The maximum Gasteiger partial charge on any atom is 0.300 e. The Morgan fingerprint density at radius 3 is 2.72 bits per heavy atom. The fourth-order valence-electron chi connectivity index (χ4n) is 3.29. The van der Waals surface area contributed by atoms with E-state index in [0.717, 1.165) is 33.5 Å². The lowest BCUT2D eigenvalue weighted by Gasteiger charge is -2.10. The van der Waals surface area contributed by atoms with E-state index in [1.165, 1.54) is 10.4 Å². The molecule has 0 aliphatic carbocycles. The van der Waals surface area contributed by atoms with Crippen molar-refractivity contribution in [1.29, 1.82) is 0 Å². The normalized spacial score (nSPS) is 12.2. The summed E-state index contributed by atoms with van der Waals surface area (Å²) in [5.41, 5.74) is 10.2. The Labute approximate surface area is 172 Å². The molecular formula is C21H20N6OS. The van der Waals surface area contributed by atoms with Gasteiger partial charge in [-0.25, -0.2) is 0 Å². The summed E-state index contributed by atoms with van der Waals surface area (Å²) in [6, 6.07) is 7.62. The minimum atomic E-state index is -0.380. The molecule has 3 N–H and O–H groups in total. The van der Waals surface area contributed by atoms with Crippen molar-refractivity contribution in [3.63, 3.8) is 0 Å². The number of nitrogens with two attached hydrogens (primary N) is 1. The molecule has 0 saturated heterocycles. The highest BCUT2D eigenvalue weighted by molar-refractivity contribution is 7.15. The summed E-state index contributed by atoms with van der Waals surface area (Å²) >= 11 is 1.73. The summed E-state index contributed by atoms with van der Waals surface area (Å²) < 4.78 is 2.10.